The molecule has 128 valence electrons. The zero-order valence-electron chi connectivity index (χ0n) is 14.1. The smallest absolute Gasteiger partial charge is 0.254 e. The highest BCUT2D eigenvalue weighted by Gasteiger charge is 2.31. The highest BCUT2D eigenvalue weighted by atomic mass is 16.5. The molecule has 0 bridgehead atoms. The molecule has 2 heterocycles. The van der Waals surface area contributed by atoms with Gasteiger partial charge in [0, 0.05) is 18.7 Å². The Hall–Kier alpha value is -2.57. The highest BCUT2D eigenvalue weighted by molar-refractivity contribution is 5.95. The SMILES string of the molecule is CCOc1ccc(C(=O)N2CC[C@@H](c3nc(C)no3)C2)cc1OC. The minimum Gasteiger partial charge on any atom is -0.493 e. The minimum atomic E-state index is -0.0323. The van der Waals surface area contributed by atoms with Crippen LogP contribution in [0.3, 0.4) is 0 Å². The number of nitrogens with zero attached hydrogens (tertiary/aromatic N) is 3. The molecule has 1 aliphatic rings. The summed E-state index contributed by atoms with van der Waals surface area (Å²) in [5.41, 5.74) is 0.581. The Morgan fingerprint density at radius 2 is 2.25 bits per heavy atom. The molecule has 7 heteroatoms. The summed E-state index contributed by atoms with van der Waals surface area (Å²) in [6.45, 7) is 5.48. The second-order valence-corrected chi connectivity index (χ2v) is 5.72. The fraction of sp³-hybridized carbons (Fsp3) is 0.471. The lowest BCUT2D eigenvalue weighted by Crippen LogP contribution is -2.28. The van der Waals surface area contributed by atoms with Gasteiger partial charge in [0.15, 0.2) is 17.3 Å². The third kappa shape index (κ3) is 3.20. The van der Waals surface area contributed by atoms with E-state index in [2.05, 4.69) is 10.1 Å². The van der Waals surface area contributed by atoms with E-state index in [1.54, 1.807) is 37.1 Å². The Balaban J connectivity index is 1.73. The maximum Gasteiger partial charge on any atom is 0.254 e. The van der Waals surface area contributed by atoms with Gasteiger partial charge in [0.25, 0.3) is 5.91 Å². The Labute approximate surface area is 140 Å². The predicted octanol–water partition coefficient (Wildman–Crippen LogP) is 2.42. The van der Waals surface area contributed by atoms with Crippen LogP contribution in [0.2, 0.25) is 0 Å². The summed E-state index contributed by atoms with van der Waals surface area (Å²) in [5, 5.41) is 3.82. The van der Waals surface area contributed by atoms with Gasteiger partial charge in [-0.05, 0) is 38.5 Å². The molecule has 7 nitrogen and oxygen atoms in total. The summed E-state index contributed by atoms with van der Waals surface area (Å²) < 4.78 is 16.0. The molecule has 0 N–H and O–H groups in total. The van der Waals surface area contributed by atoms with Crippen molar-refractivity contribution in [2.45, 2.75) is 26.2 Å². The summed E-state index contributed by atoms with van der Waals surface area (Å²) in [7, 11) is 1.57. The maximum atomic E-state index is 12.7. The number of methoxy groups -OCH3 is 1. The molecule has 2 aromatic rings. The Bertz CT molecular complexity index is 728. The van der Waals surface area contributed by atoms with Crippen LogP contribution < -0.4 is 9.47 Å². The Kier molecular flexibility index (Phi) is 4.69. The van der Waals surface area contributed by atoms with Crippen LogP contribution in [-0.4, -0.2) is 47.8 Å². The molecule has 1 aliphatic heterocycles. The average molecular weight is 331 g/mol. The van der Waals surface area contributed by atoms with Crippen LogP contribution in [-0.2, 0) is 0 Å². The number of carbonyl (C=O) groups is 1. The summed E-state index contributed by atoms with van der Waals surface area (Å²) in [4.78, 5) is 18.8. The van der Waals surface area contributed by atoms with Crippen molar-refractivity contribution in [1.82, 2.24) is 15.0 Å². The van der Waals surface area contributed by atoms with Crippen molar-refractivity contribution in [3.05, 3.63) is 35.5 Å². The third-order valence-corrected chi connectivity index (χ3v) is 4.08. The number of ether oxygens (including phenoxy) is 2. The number of rotatable bonds is 5. The molecule has 0 aliphatic carbocycles. The molecule has 1 amide bonds. The molecule has 0 spiro atoms. The number of benzene rings is 1. The van der Waals surface area contributed by atoms with E-state index < -0.39 is 0 Å². The van der Waals surface area contributed by atoms with E-state index in [-0.39, 0.29) is 11.8 Å². The van der Waals surface area contributed by atoms with Crippen LogP contribution in [0.1, 0.15) is 41.3 Å². The molecular weight excluding hydrogens is 310 g/mol. The lowest BCUT2D eigenvalue weighted by Gasteiger charge is -2.17. The van der Waals surface area contributed by atoms with Gasteiger partial charge in [-0.3, -0.25) is 4.79 Å². The molecule has 1 saturated heterocycles. The van der Waals surface area contributed by atoms with Gasteiger partial charge in [0.2, 0.25) is 5.89 Å². The Morgan fingerprint density at radius 1 is 1.42 bits per heavy atom. The number of carbonyl (C=O) groups excluding carboxylic acids is 1. The zero-order valence-corrected chi connectivity index (χ0v) is 14.1. The van der Waals surface area contributed by atoms with Crippen LogP contribution in [0.5, 0.6) is 11.5 Å². The summed E-state index contributed by atoms with van der Waals surface area (Å²) >= 11 is 0. The second kappa shape index (κ2) is 6.90. The van der Waals surface area contributed by atoms with E-state index in [0.717, 1.165) is 6.42 Å². The molecule has 1 fully saturated rings. The van der Waals surface area contributed by atoms with Crippen molar-refractivity contribution >= 4 is 5.91 Å². The predicted molar refractivity (Wildman–Crippen MR) is 86.5 cm³/mol. The van der Waals surface area contributed by atoms with Crippen LogP contribution in [0, 0.1) is 6.92 Å². The van der Waals surface area contributed by atoms with Crippen LogP contribution in [0.25, 0.3) is 0 Å². The number of likely N-dealkylation sites (tertiary alicyclic amines) is 1. The summed E-state index contributed by atoms with van der Waals surface area (Å²) in [5.74, 6) is 2.48. The van der Waals surface area contributed by atoms with Crippen LogP contribution in [0.15, 0.2) is 22.7 Å². The first kappa shape index (κ1) is 16.3. The van der Waals surface area contributed by atoms with Gasteiger partial charge >= 0.3 is 0 Å². The normalized spacial score (nSPS) is 17.1. The largest absolute Gasteiger partial charge is 0.493 e. The van der Waals surface area contributed by atoms with Gasteiger partial charge in [-0.2, -0.15) is 4.98 Å². The second-order valence-electron chi connectivity index (χ2n) is 5.72. The van der Waals surface area contributed by atoms with Gasteiger partial charge in [-0.1, -0.05) is 5.16 Å². The summed E-state index contributed by atoms with van der Waals surface area (Å²) in [6.07, 6.45) is 0.821. The van der Waals surface area contributed by atoms with E-state index >= 15 is 0 Å². The number of aromatic nitrogens is 2. The average Bonchev–Trinajstić information content (AvgIpc) is 3.23. The molecule has 0 saturated carbocycles. The van der Waals surface area contributed by atoms with Gasteiger partial charge in [-0.25, -0.2) is 0 Å². The van der Waals surface area contributed by atoms with Crippen molar-refractivity contribution in [2.75, 3.05) is 26.8 Å². The van der Waals surface area contributed by atoms with E-state index in [9.17, 15) is 4.79 Å². The lowest BCUT2D eigenvalue weighted by molar-refractivity contribution is 0.0789. The highest BCUT2D eigenvalue weighted by Crippen LogP contribution is 2.31. The third-order valence-electron chi connectivity index (χ3n) is 4.08. The van der Waals surface area contributed by atoms with Gasteiger partial charge in [0.1, 0.15) is 0 Å². The topological polar surface area (TPSA) is 77.7 Å². The molecule has 3 rings (SSSR count). The number of hydrogen-bond donors (Lipinski definition) is 0. The number of hydrogen-bond acceptors (Lipinski definition) is 6. The van der Waals surface area contributed by atoms with E-state index in [1.807, 2.05) is 6.92 Å². The van der Waals surface area contributed by atoms with Crippen LogP contribution in [0.4, 0.5) is 0 Å². The fourth-order valence-electron chi connectivity index (χ4n) is 2.88. The monoisotopic (exact) mass is 331 g/mol. The van der Waals surface area contributed by atoms with Crippen molar-refractivity contribution in [2.24, 2.45) is 0 Å². The van der Waals surface area contributed by atoms with Gasteiger partial charge in [-0.15, -0.1) is 0 Å². The lowest BCUT2D eigenvalue weighted by atomic mass is 10.1. The fourth-order valence-corrected chi connectivity index (χ4v) is 2.88. The first-order chi connectivity index (χ1) is 11.6. The Morgan fingerprint density at radius 3 is 2.92 bits per heavy atom. The van der Waals surface area contributed by atoms with Crippen molar-refractivity contribution in [1.29, 1.82) is 0 Å². The summed E-state index contributed by atoms with van der Waals surface area (Å²) in [6, 6.07) is 5.25. The molecule has 1 aromatic carbocycles. The van der Waals surface area contributed by atoms with E-state index in [4.69, 9.17) is 14.0 Å². The van der Waals surface area contributed by atoms with Crippen molar-refractivity contribution < 1.29 is 18.8 Å². The molecule has 1 aromatic heterocycles. The van der Waals surface area contributed by atoms with Gasteiger partial charge < -0.3 is 18.9 Å². The quantitative estimate of drug-likeness (QED) is 0.837. The van der Waals surface area contributed by atoms with Crippen molar-refractivity contribution in [3.63, 3.8) is 0 Å². The standard InChI is InChI=1S/C17H21N3O4/c1-4-23-14-6-5-12(9-15(14)22-3)17(21)20-8-7-13(10-20)16-18-11(2)19-24-16/h5-6,9,13H,4,7-8,10H2,1-3H3/t13-/m1/s1. The zero-order chi connectivity index (χ0) is 17.1. The molecule has 1 atom stereocenters. The van der Waals surface area contributed by atoms with Crippen LogP contribution >= 0.6 is 0 Å². The molecule has 0 radical (unpaired) electrons. The molecule has 24 heavy (non-hydrogen) atoms. The molecule has 0 unspecified atom stereocenters. The first-order valence-corrected chi connectivity index (χ1v) is 8.02. The van der Waals surface area contributed by atoms with Gasteiger partial charge in [0.05, 0.1) is 19.6 Å². The maximum absolute atomic E-state index is 12.7. The van der Waals surface area contributed by atoms with Crippen molar-refractivity contribution in [3.8, 4) is 11.5 Å². The minimum absolute atomic E-state index is 0.0323. The van der Waals surface area contributed by atoms with E-state index in [1.165, 1.54) is 0 Å². The first-order valence-electron chi connectivity index (χ1n) is 8.02. The van der Waals surface area contributed by atoms with E-state index in [0.29, 0.717) is 48.5 Å². The molecular formula is C17H21N3O4. The number of amides is 1. The number of aryl methyl sites for hydroxylation is 1.